The van der Waals surface area contributed by atoms with Crippen LogP contribution in [0.3, 0.4) is 0 Å². The van der Waals surface area contributed by atoms with Gasteiger partial charge >= 0.3 is 0 Å². The van der Waals surface area contributed by atoms with Crippen molar-refractivity contribution in [1.82, 2.24) is 0 Å². The minimum absolute atomic E-state index is 1.01. The summed E-state index contributed by atoms with van der Waals surface area (Å²) in [6.07, 6.45) is 1.01. The lowest BCUT2D eigenvalue weighted by atomic mass is 10.2. The van der Waals surface area contributed by atoms with Gasteiger partial charge in [-0.25, -0.2) is 0 Å². The van der Waals surface area contributed by atoms with Crippen LogP contribution in [-0.2, 0) is 0 Å². The average Bonchev–Trinajstić information content (AvgIpc) is 2.02. The molecule has 0 N–H and O–H groups in total. The molecule has 12 heavy (non-hydrogen) atoms. The van der Waals surface area contributed by atoms with E-state index >= 15 is 0 Å². The maximum absolute atomic E-state index is 4.44. The Morgan fingerprint density at radius 3 is 2.17 bits per heavy atom. The SMILES string of the molecule is C=C(C)/C(C)=C(I)\N=C(\C)CC. The number of rotatable bonds is 3. The van der Waals surface area contributed by atoms with Crippen LogP contribution in [0.25, 0.3) is 0 Å². The number of aliphatic imine (C=N–C) groups is 1. The van der Waals surface area contributed by atoms with E-state index in [0.717, 1.165) is 15.7 Å². The summed E-state index contributed by atoms with van der Waals surface area (Å²) in [5, 5.41) is 0. The van der Waals surface area contributed by atoms with E-state index in [-0.39, 0.29) is 0 Å². The smallest absolute Gasteiger partial charge is 0.104 e. The molecule has 0 rings (SSSR count). The monoisotopic (exact) mass is 277 g/mol. The molecule has 0 unspecified atom stereocenters. The third kappa shape index (κ3) is 4.04. The number of halogens is 1. The van der Waals surface area contributed by atoms with Crippen molar-refractivity contribution >= 4 is 28.3 Å². The second kappa shape index (κ2) is 5.51. The summed E-state index contributed by atoms with van der Waals surface area (Å²) in [6.45, 7) is 12.1. The van der Waals surface area contributed by atoms with Crippen LogP contribution in [0.1, 0.15) is 34.1 Å². The van der Waals surface area contributed by atoms with E-state index in [4.69, 9.17) is 0 Å². The molecule has 0 fully saturated rings. The van der Waals surface area contributed by atoms with Gasteiger partial charge in [0.15, 0.2) is 0 Å². The van der Waals surface area contributed by atoms with E-state index in [1.54, 1.807) is 0 Å². The molecular formula is C10H16IN. The van der Waals surface area contributed by atoms with Gasteiger partial charge in [-0.1, -0.05) is 19.1 Å². The van der Waals surface area contributed by atoms with E-state index in [9.17, 15) is 0 Å². The van der Waals surface area contributed by atoms with Gasteiger partial charge in [0.25, 0.3) is 0 Å². The number of hydrogen-bond donors (Lipinski definition) is 0. The summed E-state index contributed by atoms with van der Waals surface area (Å²) in [5.41, 5.74) is 3.44. The van der Waals surface area contributed by atoms with Crippen molar-refractivity contribution in [2.45, 2.75) is 34.1 Å². The molecule has 0 saturated heterocycles. The summed E-state index contributed by atoms with van der Waals surface area (Å²) in [5.74, 6) is 0. The van der Waals surface area contributed by atoms with Gasteiger partial charge in [0.2, 0.25) is 0 Å². The van der Waals surface area contributed by atoms with Crippen LogP contribution >= 0.6 is 22.6 Å². The molecule has 0 aromatic carbocycles. The molecule has 0 amide bonds. The maximum atomic E-state index is 4.44. The Morgan fingerprint density at radius 1 is 1.33 bits per heavy atom. The largest absolute Gasteiger partial charge is 0.251 e. The number of nitrogens with zero attached hydrogens (tertiary/aromatic N) is 1. The Kier molecular flexibility index (Phi) is 5.46. The molecule has 0 aliphatic carbocycles. The first-order valence-electron chi connectivity index (χ1n) is 4.05. The molecule has 0 aliphatic heterocycles. The van der Waals surface area contributed by atoms with Crippen LogP contribution < -0.4 is 0 Å². The quantitative estimate of drug-likeness (QED) is 0.319. The van der Waals surface area contributed by atoms with Crippen LogP contribution in [0.2, 0.25) is 0 Å². The van der Waals surface area contributed by atoms with E-state index in [1.807, 2.05) is 13.8 Å². The minimum atomic E-state index is 1.01. The predicted molar refractivity (Wildman–Crippen MR) is 64.9 cm³/mol. The zero-order chi connectivity index (χ0) is 9.72. The molecule has 0 atom stereocenters. The first-order chi connectivity index (χ1) is 5.49. The first-order valence-corrected chi connectivity index (χ1v) is 5.13. The molecule has 1 nitrogen and oxygen atoms in total. The van der Waals surface area contributed by atoms with Crippen LogP contribution in [0, 0.1) is 0 Å². The van der Waals surface area contributed by atoms with Crippen molar-refractivity contribution in [1.29, 1.82) is 0 Å². The summed E-state index contributed by atoms with van der Waals surface area (Å²) in [4.78, 5) is 4.44. The minimum Gasteiger partial charge on any atom is -0.251 e. The molecule has 0 aromatic rings. The van der Waals surface area contributed by atoms with Crippen molar-refractivity contribution in [3.05, 3.63) is 21.4 Å². The predicted octanol–water partition coefficient (Wildman–Crippen LogP) is 4.10. The van der Waals surface area contributed by atoms with Gasteiger partial charge in [0.05, 0.1) is 0 Å². The highest BCUT2D eigenvalue weighted by atomic mass is 127. The van der Waals surface area contributed by atoms with Crippen molar-refractivity contribution < 1.29 is 0 Å². The lowest BCUT2D eigenvalue weighted by Crippen LogP contribution is -1.88. The number of allylic oxidation sites excluding steroid dienone is 2. The van der Waals surface area contributed by atoms with Crippen molar-refractivity contribution in [3.63, 3.8) is 0 Å². The van der Waals surface area contributed by atoms with Gasteiger partial charge in [0.1, 0.15) is 3.70 Å². The van der Waals surface area contributed by atoms with Crippen LogP contribution in [0.15, 0.2) is 26.4 Å². The fraction of sp³-hybridized carbons (Fsp3) is 0.500. The van der Waals surface area contributed by atoms with Gasteiger partial charge in [-0.2, -0.15) is 0 Å². The topological polar surface area (TPSA) is 12.4 Å². The van der Waals surface area contributed by atoms with E-state index in [2.05, 4.69) is 48.0 Å². The molecule has 0 aliphatic rings. The van der Waals surface area contributed by atoms with Gasteiger partial charge in [0, 0.05) is 5.71 Å². The van der Waals surface area contributed by atoms with Gasteiger partial charge < -0.3 is 0 Å². The van der Waals surface area contributed by atoms with Crippen molar-refractivity contribution in [2.75, 3.05) is 0 Å². The fourth-order valence-corrected chi connectivity index (χ4v) is 1.38. The Hall–Kier alpha value is -0.120. The van der Waals surface area contributed by atoms with E-state index in [1.165, 1.54) is 11.3 Å². The van der Waals surface area contributed by atoms with E-state index in [0.29, 0.717) is 0 Å². The summed E-state index contributed by atoms with van der Waals surface area (Å²) in [7, 11) is 0. The molecule has 0 radical (unpaired) electrons. The van der Waals surface area contributed by atoms with Crippen LogP contribution in [0.4, 0.5) is 0 Å². The zero-order valence-corrected chi connectivity index (χ0v) is 10.4. The number of hydrogen-bond acceptors (Lipinski definition) is 1. The molecule has 0 aromatic heterocycles. The Labute approximate surface area is 88.8 Å². The maximum Gasteiger partial charge on any atom is 0.104 e. The van der Waals surface area contributed by atoms with E-state index < -0.39 is 0 Å². The van der Waals surface area contributed by atoms with Gasteiger partial charge in [-0.3, -0.25) is 4.99 Å². The third-order valence-electron chi connectivity index (χ3n) is 1.75. The van der Waals surface area contributed by atoms with Gasteiger partial charge in [-0.15, -0.1) is 0 Å². The third-order valence-corrected chi connectivity index (χ3v) is 2.80. The second-order valence-electron chi connectivity index (χ2n) is 2.90. The van der Waals surface area contributed by atoms with Crippen molar-refractivity contribution in [3.8, 4) is 0 Å². The average molecular weight is 277 g/mol. The lowest BCUT2D eigenvalue weighted by Gasteiger charge is -2.01. The lowest BCUT2D eigenvalue weighted by molar-refractivity contribution is 1.23. The normalized spacial score (nSPS) is 14.2. The molecule has 0 spiro atoms. The second-order valence-corrected chi connectivity index (χ2v) is 3.92. The van der Waals surface area contributed by atoms with Gasteiger partial charge in [-0.05, 0) is 55.4 Å². The summed E-state index contributed by atoms with van der Waals surface area (Å²) >= 11 is 2.25. The van der Waals surface area contributed by atoms with Crippen LogP contribution in [0.5, 0.6) is 0 Å². The Bertz CT molecular complexity index is 236. The fourth-order valence-electron chi connectivity index (χ4n) is 0.507. The standard InChI is InChI=1S/C10H16IN/c1-6-8(4)12-10(11)9(5)7(2)3/h2,6H2,1,3-5H3/b10-9-,12-8-. The highest BCUT2D eigenvalue weighted by molar-refractivity contribution is 14.1. The molecule has 68 valence electrons. The summed E-state index contributed by atoms with van der Waals surface area (Å²) in [6, 6.07) is 0. The highest BCUT2D eigenvalue weighted by Crippen LogP contribution is 2.19. The zero-order valence-electron chi connectivity index (χ0n) is 8.24. The molecule has 2 heteroatoms. The molecule has 0 bridgehead atoms. The summed E-state index contributed by atoms with van der Waals surface area (Å²) < 4.78 is 1.06. The Balaban J connectivity index is 4.69. The molecular weight excluding hydrogens is 261 g/mol. The Morgan fingerprint density at radius 2 is 1.83 bits per heavy atom. The highest BCUT2D eigenvalue weighted by Gasteiger charge is 1.97. The first kappa shape index (κ1) is 11.9. The van der Waals surface area contributed by atoms with Crippen molar-refractivity contribution in [2.24, 2.45) is 4.99 Å². The molecule has 0 heterocycles. The van der Waals surface area contributed by atoms with Crippen LogP contribution in [-0.4, -0.2) is 5.71 Å². The molecule has 0 saturated carbocycles.